The van der Waals surface area contributed by atoms with Crippen LogP contribution < -0.4 is 15.8 Å². The van der Waals surface area contributed by atoms with Crippen molar-refractivity contribution in [2.75, 3.05) is 0 Å². The zero-order valence-electron chi connectivity index (χ0n) is 15.7. The number of benzene rings is 2. The third-order valence-electron chi connectivity index (χ3n) is 4.72. The summed E-state index contributed by atoms with van der Waals surface area (Å²) in [6.07, 6.45) is 0. The zero-order valence-corrected chi connectivity index (χ0v) is 16.5. The van der Waals surface area contributed by atoms with Gasteiger partial charge in [-0.2, -0.15) is 0 Å². The molecule has 0 aliphatic carbocycles. The largest absolute Gasteiger partial charge is 0.331 e. The lowest BCUT2D eigenvalue weighted by atomic mass is 10.1. The summed E-state index contributed by atoms with van der Waals surface area (Å²) in [5.41, 5.74) is 3.65. The molecule has 4 rings (SSSR count). The van der Waals surface area contributed by atoms with Crippen LogP contribution in [0.4, 0.5) is 0 Å². The Balaban J connectivity index is 1.81. The summed E-state index contributed by atoms with van der Waals surface area (Å²) in [6, 6.07) is 18.4. The summed E-state index contributed by atoms with van der Waals surface area (Å²) in [4.78, 5) is 30.3. The molecule has 0 saturated carbocycles. The number of aryl methyl sites for hydroxylation is 2. The Hall–Kier alpha value is -3.06. The highest BCUT2D eigenvalue weighted by molar-refractivity contribution is 7.98. The molecule has 7 heteroatoms. The van der Waals surface area contributed by atoms with Crippen molar-refractivity contribution < 1.29 is 4.57 Å². The van der Waals surface area contributed by atoms with Crippen molar-refractivity contribution in [1.82, 2.24) is 14.5 Å². The van der Waals surface area contributed by atoms with Gasteiger partial charge in [0.1, 0.15) is 6.54 Å². The van der Waals surface area contributed by atoms with Crippen molar-refractivity contribution in [2.45, 2.75) is 24.4 Å². The minimum Gasteiger partial charge on any atom is -0.270 e. The van der Waals surface area contributed by atoms with Crippen molar-refractivity contribution >= 4 is 22.9 Å². The van der Waals surface area contributed by atoms with Crippen LogP contribution in [-0.4, -0.2) is 14.5 Å². The molecule has 0 radical (unpaired) electrons. The number of hydrogen-bond acceptors (Lipinski definition) is 3. The summed E-state index contributed by atoms with van der Waals surface area (Å²) in [5, 5.41) is 0.839. The molecule has 0 amide bonds. The van der Waals surface area contributed by atoms with Gasteiger partial charge in [-0.25, -0.2) is 14.3 Å². The summed E-state index contributed by atoms with van der Waals surface area (Å²) in [6.45, 7) is 2.59. The molecule has 142 valence electrons. The number of H-pyrrole nitrogens is 2. The van der Waals surface area contributed by atoms with Gasteiger partial charge in [-0.3, -0.25) is 14.3 Å². The maximum absolute atomic E-state index is 12.6. The van der Waals surface area contributed by atoms with E-state index in [0.29, 0.717) is 17.7 Å². The van der Waals surface area contributed by atoms with E-state index in [-0.39, 0.29) is 5.56 Å². The first-order valence-electron chi connectivity index (χ1n) is 9.00. The Bertz CT molecular complexity index is 1240. The van der Waals surface area contributed by atoms with Gasteiger partial charge in [0.2, 0.25) is 0 Å². The van der Waals surface area contributed by atoms with E-state index >= 15 is 0 Å². The SMILES string of the molecule is Cc1ccc(C[n+]2c(SCc3ccccc3)[nH]c3c2c(=O)[nH]c(=O)n3C)cc1. The van der Waals surface area contributed by atoms with E-state index in [9.17, 15) is 9.59 Å². The van der Waals surface area contributed by atoms with E-state index in [4.69, 9.17) is 0 Å². The van der Waals surface area contributed by atoms with Crippen LogP contribution in [-0.2, 0) is 19.3 Å². The van der Waals surface area contributed by atoms with Crippen LogP contribution in [0.1, 0.15) is 16.7 Å². The Labute approximate surface area is 165 Å². The predicted octanol–water partition coefficient (Wildman–Crippen LogP) is 2.49. The van der Waals surface area contributed by atoms with Crippen LogP contribution in [0.5, 0.6) is 0 Å². The van der Waals surface area contributed by atoms with Crippen molar-refractivity contribution in [2.24, 2.45) is 7.05 Å². The van der Waals surface area contributed by atoms with Gasteiger partial charge >= 0.3 is 16.4 Å². The minimum atomic E-state index is -0.430. The fourth-order valence-electron chi connectivity index (χ4n) is 3.14. The van der Waals surface area contributed by atoms with E-state index in [1.807, 2.05) is 29.7 Å². The molecular weight excluding hydrogens is 372 g/mol. The monoisotopic (exact) mass is 393 g/mol. The molecule has 6 nitrogen and oxygen atoms in total. The Morgan fingerprint density at radius 1 is 0.964 bits per heavy atom. The van der Waals surface area contributed by atoms with E-state index in [1.54, 1.807) is 18.8 Å². The summed E-state index contributed by atoms with van der Waals surface area (Å²) >= 11 is 1.61. The van der Waals surface area contributed by atoms with Gasteiger partial charge in [0.25, 0.3) is 11.2 Å². The molecule has 2 aromatic carbocycles. The fourth-order valence-corrected chi connectivity index (χ4v) is 4.12. The first-order chi connectivity index (χ1) is 13.5. The second-order valence-electron chi connectivity index (χ2n) is 6.79. The van der Waals surface area contributed by atoms with Crippen LogP contribution in [0, 0.1) is 6.92 Å². The molecule has 28 heavy (non-hydrogen) atoms. The highest BCUT2D eigenvalue weighted by Crippen LogP contribution is 2.21. The summed E-state index contributed by atoms with van der Waals surface area (Å²) in [7, 11) is 1.65. The van der Waals surface area contributed by atoms with Gasteiger partial charge in [0.05, 0.1) is 0 Å². The second-order valence-corrected chi connectivity index (χ2v) is 7.76. The van der Waals surface area contributed by atoms with Gasteiger partial charge in [-0.05, 0) is 29.8 Å². The van der Waals surface area contributed by atoms with Crippen LogP contribution in [0.25, 0.3) is 11.2 Å². The third kappa shape index (κ3) is 3.53. The number of hydrogen-bond donors (Lipinski definition) is 2. The van der Waals surface area contributed by atoms with E-state index in [0.717, 1.165) is 16.5 Å². The second kappa shape index (κ2) is 7.52. The molecular formula is C21H21N4O2S+. The average molecular weight is 393 g/mol. The fraction of sp³-hybridized carbons (Fsp3) is 0.190. The number of aromatic amines is 2. The van der Waals surface area contributed by atoms with Gasteiger partial charge in [-0.15, -0.1) is 0 Å². The zero-order chi connectivity index (χ0) is 19.7. The molecule has 0 spiro atoms. The number of rotatable bonds is 5. The molecule has 0 saturated heterocycles. The molecule has 2 heterocycles. The lowest BCUT2D eigenvalue weighted by Gasteiger charge is -2.03. The molecule has 0 unspecified atom stereocenters. The van der Waals surface area contributed by atoms with E-state index < -0.39 is 5.69 Å². The van der Waals surface area contributed by atoms with Crippen LogP contribution >= 0.6 is 11.8 Å². The summed E-state index contributed by atoms with van der Waals surface area (Å²) in [5.74, 6) is 0.757. The van der Waals surface area contributed by atoms with Crippen molar-refractivity contribution in [3.8, 4) is 0 Å². The van der Waals surface area contributed by atoms with Crippen molar-refractivity contribution in [1.29, 1.82) is 0 Å². The maximum atomic E-state index is 12.6. The van der Waals surface area contributed by atoms with Gasteiger partial charge < -0.3 is 0 Å². The van der Waals surface area contributed by atoms with E-state index in [1.165, 1.54) is 15.7 Å². The molecule has 4 aromatic rings. The first kappa shape index (κ1) is 18.3. The van der Waals surface area contributed by atoms with Gasteiger partial charge in [-0.1, -0.05) is 60.2 Å². The van der Waals surface area contributed by atoms with Crippen LogP contribution in [0.3, 0.4) is 0 Å². The molecule has 2 aromatic heterocycles. The first-order valence-corrected chi connectivity index (χ1v) is 9.98. The minimum absolute atomic E-state index is 0.381. The number of nitrogens with one attached hydrogen (secondary N) is 2. The van der Waals surface area contributed by atoms with Crippen molar-refractivity contribution in [3.05, 3.63) is 92.1 Å². The Kier molecular flexibility index (Phi) is 4.92. The summed E-state index contributed by atoms with van der Waals surface area (Å²) < 4.78 is 3.39. The third-order valence-corrected chi connectivity index (χ3v) is 5.79. The quantitative estimate of drug-likeness (QED) is 0.404. The van der Waals surface area contributed by atoms with Crippen LogP contribution in [0.2, 0.25) is 0 Å². The van der Waals surface area contributed by atoms with Crippen LogP contribution in [0.15, 0.2) is 69.3 Å². The number of imidazole rings is 1. The molecule has 0 atom stereocenters. The molecule has 0 aliphatic heterocycles. The maximum Gasteiger partial charge on any atom is 0.331 e. The highest BCUT2D eigenvalue weighted by Gasteiger charge is 2.25. The lowest BCUT2D eigenvalue weighted by molar-refractivity contribution is -0.700. The van der Waals surface area contributed by atoms with E-state index in [2.05, 4.69) is 46.4 Å². The van der Waals surface area contributed by atoms with Gasteiger partial charge in [0, 0.05) is 12.8 Å². The highest BCUT2D eigenvalue weighted by atomic mass is 32.2. The molecule has 0 aliphatic rings. The standard InChI is InChI=1S/C21H20N4O2S/c1-14-8-10-15(11-9-14)12-25-17-18(24(2)20(27)23-19(17)26)22-21(25)28-13-16-6-4-3-5-7-16/h3-11H,12-13H2,1-2H3,(H,23,26,27)/p+1. The predicted molar refractivity (Wildman–Crippen MR) is 111 cm³/mol. The van der Waals surface area contributed by atoms with Gasteiger partial charge in [0.15, 0.2) is 0 Å². The molecule has 2 N–H and O–H groups in total. The Morgan fingerprint density at radius 2 is 1.68 bits per heavy atom. The Morgan fingerprint density at radius 3 is 2.39 bits per heavy atom. The smallest absolute Gasteiger partial charge is 0.270 e. The number of nitrogens with zero attached hydrogens (tertiary/aromatic N) is 2. The normalized spacial score (nSPS) is 11.2. The topological polar surface area (TPSA) is 74.5 Å². The lowest BCUT2D eigenvalue weighted by Crippen LogP contribution is -2.41. The average Bonchev–Trinajstić information content (AvgIpc) is 3.06. The number of aromatic nitrogens is 4. The molecule has 0 bridgehead atoms. The number of thioether (sulfide) groups is 1. The van der Waals surface area contributed by atoms with Crippen molar-refractivity contribution in [3.63, 3.8) is 0 Å². The number of fused-ring (bicyclic) bond motifs is 1. The molecule has 0 fully saturated rings.